The molecule has 0 saturated carbocycles. The van der Waals surface area contributed by atoms with Gasteiger partial charge in [0.1, 0.15) is 10.7 Å². The van der Waals surface area contributed by atoms with E-state index in [2.05, 4.69) is 20.9 Å². The highest BCUT2D eigenvalue weighted by Gasteiger charge is 2.17. The predicted octanol–water partition coefficient (Wildman–Crippen LogP) is 5.10. The zero-order valence-corrected chi connectivity index (χ0v) is 16.4. The van der Waals surface area contributed by atoms with Crippen molar-refractivity contribution in [2.75, 3.05) is 16.0 Å². The summed E-state index contributed by atoms with van der Waals surface area (Å²) in [5, 5.41) is 8.33. The Morgan fingerprint density at radius 2 is 1.68 bits per heavy atom. The number of urea groups is 1. The fourth-order valence-electron chi connectivity index (χ4n) is 2.59. The largest absolute Gasteiger partial charge is 0.325 e. The van der Waals surface area contributed by atoms with E-state index in [1.54, 1.807) is 6.92 Å². The summed E-state index contributed by atoms with van der Waals surface area (Å²) in [5.41, 5.74) is 3.77. The molecule has 3 aromatic rings. The zero-order chi connectivity index (χ0) is 20.3. The predicted molar refractivity (Wildman–Crippen MR) is 110 cm³/mol. The molecule has 3 rings (SSSR count). The Balaban J connectivity index is 1.67. The van der Waals surface area contributed by atoms with Gasteiger partial charge in [-0.3, -0.25) is 10.1 Å². The molecule has 0 aliphatic rings. The molecular weight excluding hydrogens is 379 g/mol. The van der Waals surface area contributed by atoms with Crippen molar-refractivity contribution in [1.29, 1.82) is 0 Å². The Morgan fingerprint density at radius 1 is 0.964 bits per heavy atom. The number of hydrogen-bond donors (Lipinski definition) is 3. The Bertz CT molecular complexity index is 1030. The van der Waals surface area contributed by atoms with E-state index in [0.29, 0.717) is 21.4 Å². The first-order chi connectivity index (χ1) is 13.3. The molecule has 2 aromatic carbocycles. The van der Waals surface area contributed by atoms with Gasteiger partial charge in [0.15, 0.2) is 5.13 Å². The maximum absolute atomic E-state index is 12.9. The van der Waals surface area contributed by atoms with Crippen LogP contribution in [-0.4, -0.2) is 16.9 Å². The summed E-state index contributed by atoms with van der Waals surface area (Å²) in [6, 6.07) is 10.6. The van der Waals surface area contributed by atoms with Crippen molar-refractivity contribution in [3.8, 4) is 0 Å². The van der Waals surface area contributed by atoms with Gasteiger partial charge in [0.2, 0.25) is 0 Å². The van der Waals surface area contributed by atoms with Crippen molar-refractivity contribution in [2.45, 2.75) is 20.8 Å². The molecule has 3 amide bonds. The second-order valence-corrected chi connectivity index (χ2v) is 7.29. The number of benzene rings is 2. The molecule has 6 nitrogen and oxygen atoms in total. The average Bonchev–Trinajstić information content (AvgIpc) is 2.99. The van der Waals surface area contributed by atoms with E-state index in [-0.39, 0.29) is 11.7 Å². The van der Waals surface area contributed by atoms with Crippen molar-refractivity contribution >= 4 is 39.8 Å². The van der Waals surface area contributed by atoms with E-state index >= 15 is 0 Å². The van der Waals surface area contributed by atoms with Gasteiger partial charge < -0.3 is 10.6 Å². The van der Waals surface area contributed by atoms with Crippen LogP contribution in [-0.2, 0) is 0 Å². The van der Waals surface area contributed by atoms with Gasteiger partial charge in [-0.15, -0.1) is 0 Å². The van der Waals surface area contributed by atoms with Gasteiger partial charge in [-0.1, -0.05) is 29.0 Å². The molecule has 144 valence electrons. The SMILES string of the molecule is Cc1ccc(NC(=O)c2sc(NC(=O)Nc3ccc(F)cc3)nc2C)c(C)c1. The molecule has 28 heavy (non-hydrogen) atoms. The zero-order valence-electron chi connectivity index (χ0n) is 15.6. The van der Waals surface area contributed by atoms with Crippen LogP contribution in [0.3, 0.4) is 0 Å². The smallest absolute Gasteiger partial charge is 0.321 e. The Morgan fingerprint density at radius 3 is 2.36 bits per heavy atom. The number of thiazole rings is 1. The number of halogens is 1. The Kier molecular flexibility index (Phi) is 5.70. The van der Waals surface area contributed by atoms with Crippen molar-refractivity contribution < 1.29 is 14.0 Å². The molecule has 0 fully saturated rings. The topological polar surface area (TPSA) is 83.1 Å². The monoisotopic (exact) mass is 398 g/mol. The molecule has 0 unspecified atom stereocenters. The van der Waals surface area contributed by atoms with Crippen LogP contribution in [0.4, 0.5) is 25.7 Å². The Labute approximate surface area is 165 Å². The number of nitrogens with zero attached hydrogens (tertiary/aromatic N) is 1. The van der Waals surface area contributed by atoms with Crippen molar-refractivity contribution in [3.63, 3.8) is 0 Å². The van der Waals surface area contributed by atoms with E-state index in [1.165, 1.54) is 24.3 Å². The molecule has 0 radical (unpaired) electrons. The third-order valence-corrected chi connectivity index (χ3v) is 5.03. The van der Waals surface area contributed by atoms with E-state index in [4.69, 9.17) is 0 Å². The van der Waals surface area contributed by atoms with E-state index in [0.717, 1.165) is 28.2 Å². The molecule has 0 spiro atoms. The van der Waals surface area contributed by atoms with Gasteiger partial charge in [-0.25, -0.2) is 14.2 Å². The number of carbonyl (C=O) groups is 2. The van der Waals surface area contributed by atoms with Crippen LogP contribution in [0.2, 0.25) is 0 Å². The quantitative estimate of drug-likeness (QED) is 0.571. The van der Waals surface area contributed by atoms with Crippen molar-refractivity contribution in [3.05, 3.63) is 70.0 Å². The van der Waals surface area contributed by atoms with Gasteiger partial charge in [-0.05, 0) is 56.7 Å². The molecule has 0 bridgehead atoms. The molecule has 0 atom stereocenters. The van der Waals surface area contributed by atoms with Gasteiger partial charge in [0, 0.05) is 11.4 Å². The van der Waals surface area contributed by atoms with Crippen LogP contribution in [0, 0.1) is 26.6 Å². The summed E-state index contributed by atoms with van der Waals surface area (Å²) in [6.45, 7) is 5.62. The molecular formula is C20H19FN4O2S. The summed E-state index contributed by atoms with van der Waals surface area (Å²) in [4.78, 5) is 29.3. The van der Waals surface area contributed by atoms with Crippen molar-refractivity contribution in [2.24, 2.45) is 0 Å². The highest BCUT2D eigenvalue weighted by Crippen LogP contribution is 2.25. The highest BCUT2D eigenvalue weighted by atomic mass is 32.1. The first-order valence-corrected chi connectivity index (χ1v) is 9.33. The number of aryl methyl sites for hydroxylation is 3. The van der Waals surface area contributed by atoms with Crippen LogP contribution in [0.15, 0.2) is 42.5 Å². The molecule has 3 N–H and O–H groups in total. The first kappa shape index (κ1) is 19.5. The highest BCUT2D eigenvalue weighted by molar-refractivity contribution is 7.17. The lowest BCUT2D eigenvalue weighted by atomic mass is 10.1. The second kappa shape index (κ2) is 8.18. The molecule has 0 aliphatic carbocycles. The summed E-state index contributed by atoms with van der Waals surface area (Å²) < 4.78 is 12.9. The molecule has 1 heterocycles. The third-order valence-electron chi connectivity index (χ3n) is 3.96. The van der Waals surface area contributed by atoms with Crippen LogP contribution >= 0.6 is 11.3 Å². The molecule has 8 heteroatoms. The summed E-state index contributed by atoms with van der Waals surface area (Å²) in [6.07, 6.45) is 0. The van der Waals surface area contributed by atoms with Crippen LogP contribution in [0.1, 0.15) is 26.5 Å². The number of carbonyl (C=O) groups excluding carboxylic acids is 2. The number of amides is 3. The number of nitrogens with one attached hydrogen (secondary N) is 3. The van der Waals surface area contributed by atoms with E-state index in [9.17, 15) is 14.0 Å². The summed E-state index contributed by atoms with van der Waals surface area (Å²) >= 11 is 1.08. The minimum absolute atomic E-state index is 0.283. The Hall–Kier alpha value is -3.26. The van der Waals surface area contributed by atoms with Crippen LogP contribution < -0.4 is 16.0 Å². The lowest BCUT2D eigenvalue weighted by molar-refractivity contribution is 0.102. The molecule has 1 aromatic heterocycles. The van der Waals surface area contributed by atoms with Gasteiger partial charge in [0.25, 0.3) is 5.91 Å². The minimum Gasteiger partial charge on any atom is -0.321 e. The van der Waals surface area contributed by atoms with E-state index in [1.807, 2.05) is 32.0 Å². The first-order valence-electron chi connectivity index (χ1n) is 8.51. The van der Waals surface area contributed by atoms with Crippen LogP contribution in [0.5, 0.6) is 0 Å². The van der Waals surface area contributed by atoms with Crippen molar-refractivity contribution in [1.82, 2.24) is 4.98 Å². The minimum atomic E-state index is -0.526. The van der Waals surface area contributed by atoms with Gasteiger partial charge >= 0.3 is 6.03 Å². The number of aromatic nitrogens is 1. The standard InChI is InChI=1S/C20H19FN4O2S/c1-11-4-9-16(12(2)10-11)24-18(26)17-13(3)22-20(28-17)25-19(27)23-15-7-5-14(21)6-8-15/h4-10H,1-3H3,(H,24,26)(H2,22,23,25,27). The maximum atomic E-state index is 12.9. The second-order valence-electron chi connectivity index (χ2n) is 6.29. The van der Waals surface area contributed by atoms with Gasteiger partial charge in [-0.2, -0.15) is 0 Å². The fraction of sp³-hybridized carbons (Fsp3) is 0.150. The molecule has 0 aliphatic heterocycles. The van der Waals surface area contributed by atoms with Gasteiger partial charge in [0.05, 0.1) is 5.69 Å². The average molecular weight is 398 g/mol. The third kappa shape index (κ3) is 4.72. The fourth-order valence-corrected chi connectivity index (χ4v) is 3.44. The van der Waals surface area contributed by atoms with Crippen LogP contribution in [0.25, 0.3) is 0 Å². The molecule has 0 saturated heterocycles. The summed E-state index contributed by atoms with van der Waals surface area (Å²) in [5.74, 6) is -0.671. The van der Waals surface area contributed by atoms with E-state index < -0.39 is 6.03 Å². The number of anilines is 3. The number of hydrogen-bond acceptors (Lipinski definition) is 4. The lowest BCUT2D eigenvalue weighted by Gasteiger charge is -2.08. The number of rotatable bonds is 4. The maximum Gasteiger partial charge on any atom is 0.325 e. The summed E-state index contributed by atoms with van der Waals surface area (Å²) in [7, 11) is 0. The normalized spacial score (nSPS) is 10.4. The lowest BCUT2D eigenvalue weighted by Crippen LogP contribution is -2.19.